The molecule has 0 aromatic rings. The number of carbonyl (C=O) groups excluding carboxylic acids is 2. The van der Waals surface area contributed by atoms with Crippen LogP contribution in [0.2, 0.25) is 0 Å². The number of carboxylic acid groups (broad SMARTS) is 1. The molecule has 0 spiro atoms. The first-order valence-corrected chi connectivity index (χ1v) is 8.24. The van der Waals surface area contributed by atoms with E-state index >= 15 is 0 Å². The van der Waals surface area contributed by atoms with E-state index in [4.69, 9.17) is 14.6 Å². The van der Waals surface area contributed by atoms with Crippen molar-refractivity contribution in [1.82, 2.24) is 0 Å². The van der Waals surface area contributed by atoms with Gasteiger partial charge in [0.2, 0.25) is 0 Å². The SMILES string of the molecule is CC(C)(C)CC(C)(C(=O)OCCC(=O)OCCC(=O)O)C(C)(C)C. The van der Waals surface area contributed by atoms with Gasteiger partial charge in [-0.15, -0.1) is 0 Å². The zero-order chi connectivity index (χ0) is 19.2. The Morgan fingerprint density at radius 2 is 1.33 bits per heavy atom. The van der Waals surface area contributed by atoms with Crippen LogP contribution in [0.15, 0.2) is 0 Å². The Balaban J connectivity index is 4.59. The second-order valence-electron chi connectivity index (χ2n) is 8.57. The van der Waals surface area contributed by atoms with E-state index in [1.807, 2.05) is 27.7 Å². The molecule has 0 aliphatic carbocycles. The van der Waals surface area contributed by atoms with Crippen molar-refractivity contribution >= 4 is 17.9 Å². The number of aliphatic carboxylic acids is 1. The van der Waals surface area contributed by atoms with Gasteiger partial charge < -0.3 is 14.6 Å². The third kappa shape index (κ3) is 7.79. The summed E-state index contributed by atoms with van der Waals surface area (Å²) >= 11 is 0. The fourth-order valence-corrected chi connectivity index (χ4v) is 2.41. The maximum Gasteiger partial charge on any atom is 0.312 e. The van der Waals surface area contributed by atoms with E-state index < -0.39 is 17.4 Å². The number of carboxylic acids is 1. The number of ether oxygens (including phenoxy) is 2. The van der Waals surface area contributed by atoms with Gasteiger partial charge in [-0.1, -0.05) is 41.5 Å². The molecule has 0 aliphatic heterocycles. The minimum Gasteiger partial charge on any atom is -0.481 e. The van der Waals surface area contributed by atoms with Gasteiger partial charge in [-0.3, -0.25) is 14.4 Å². The lowest BCUT2D eigenvalue weighted by Crippen LogP contribution is -2.44. The zero-order valence-corrected chi connectivity index (χ0v) is 16.0. The highest BCUT2D eigenvalue weighted by Gasteiger charge is 2.47. The Morgan fingerprint density at radius 1 is 0.833 bits per heavy atom. The van der Waals surface area contributed by atoms with Crippen LogP contribution in [0, 0.1) is 16.2 Å². The van der Waals surface area contributed by atoms with Gasteiger partial charge in [0.25, 0.3) is 0 Å². The van der Waals surface area contributed by atoms with Crippen LogP contribution in [0.3, 0.4) is 0 Å². The predicted octanol–water partition coefficient (Wildman–Crippen LogP) is 3.43. The molecule has 0 saturated heterocycles. The second-order valence-corrected chi connectivity index (χ2v) is 8.57. The lowest BCUT2D eigenvalue weighted by molar-refractivity contribution is -0.166. The van der Waals surface area contributed by atoms with Crippen molar-refractivity contribution in [2.24, 2.45) is 16.2 Å². The number of carbonyl (C=O) groups is 3. The monoisotopic (exact) mass is 344 g/mol. The highest BCUT2D eigenvalue weighted by Crippen LogP contribution is 2.47. The molecule has 0 aromatic carbocycles. The molecular weight excluding hydrogens is 312 g/mol. The number of esters is 2. The van der Waals surface area contributed by atoms with Crippen LogP contribution in [0.1, 0.15) is 67.7 Å². The summed E-state index contributed by atoms with van der Waals surface area (Å²) in [5.41, 5.74) is -1.02. The number of hydrogen-bond donors (Lipinski definition) is 1. The summed E-state index contributed by atoms with van der Waals surface area (Å²) in [7, 11) is 0. The van der Waals surface area contributed by atoms with Gasteiger partial charge >= 0.3 is 17.9 Å². The van der Waals surface area contributed by atoms with Crippen LogP contribution >= 0.6 is 0 Å². The molecule has 0 fully saturated rings. The first-order valence-electron chi connectivity index (χ1n) is 8.24. The standard InChI is InChI=1S/C18H32O6/c1-16(2,3)12-18(7,17(4,5)6)15(22)24-11-9-14(21)23-10-8-13(19)20/h8-12H2,1-7H3,(H,19,20). The van der Waals surface area contributed by atoms with Crippen molar-refractivity contribution < 1.29 is 29.0 Å². The Morgan fingerprint density at radius 3 is 1.75 bits per heavy atom. The molecule has 140 valence electrons. The molecule has 0 rings (SSSR count). The Hall–Kier alpha value is -1.59. The third-order valence-corrected chi connectivity index (χ3v) is 4.11. The predicted molar refractivity (Wildman–Crippen MR) is 90.4 cm³/mol. The molecule has 0 aromatic heterocycles. The quantitative estimate of drug-likeness (QED) is 0.679. The first kappa shape index (κ1) is 22.4. The van der Waals surface area contributed by atoms with Crippen LogP contribution in [-0.2, 0) is 23.9 Å². The largest absolute Gasteiger partial charge is 0.481 e. The van der Waals surface area contributed by atoms with Crippen LogP contribution in [0.4, 0.5) is 0 Å². The Labute approximate surface area is 144 Å². The molecule has 1 N–H and O–H groups in total. The van der Waals surface area contributed by atoms with E-state index in [1.165, 1.54) is 0 Å². The van der Waals surface area contributed by atoms with Crippen LogP contribution in [-0.4, -0.2) is 36.2 Å². The van der Waals surface area contributed by atoms with Crippen molar-refractivity contribution in [3.63, 3.8) is 0 Å². The number of rotatable bonds is 8. The molecule has 0 heterocycles. The van der Waals surface area contributed by atoms with Crippen LogP contribution in [0.25, 0.3) is 0 Å². The van der Waals surface area contributed by atoms with Crippen LogP contribution < -0.4 is 0 Å². The topological polar surface area (TPSA) is 89.9 Å². The van der Waals surface area contributed by atoms with Gasteiger partial charge in [0.05, 0.1) is 18.3 Å². The highest BCUT2D eigenvalue weighted by atomic mass is 16.5. The lowest BCUT2D eigenvalue weighted by Gasteiger charge is -2.43. The minimum absolute atomic E-state index is 0.0448. The average molecular weight is 344 g/mol. The van der Waals surface area contributed by atoms with E-state index in [0.29, 0.717) is 6.42 Å². The second kappa shape index (κ2) is 8.49. The molecule has 24 heavy (non-hydrogen) atoms. The van der Waals surface area contributed by atoms with Gasteiger partial charge in [0, 0.05) is 0 Å². The summed E-state index contributed by atoms with van der Waals surface area (Å²) in [6.45, 7) is 13.9. The van der Waals surface area contributed by atoms with Crippen molar-refractivity contribution in [1.29, 1.82) is 0 Å². The third-order valence-electron chi connectivity index (χ3n) is 4.11. The van der Waals surface area contributed by atoms with E-state index in [0.717, 1.165) is 0 Å². The molecule has 0 amide bonds. The molecule has 6 nitrogen and oxygen atoms in total. The summed E-state index contributed by atoms with van der Waals surface area (Å²) in [5.74, 6) is -1.93. The number of hydrogen-bond acceptors (Lipinski definition) is 5. The zero-order valence-electron chi connectivity index (χ0n) is 16.0. The summed E-state index contributed by atoms with van der Waals surface area (Å²) in [6.07, 6.45) is 0.339. The Kier molecular flexibility index (Phi) is 7.93. The molecule has 0 aliphatic rings. The Bertz CT molecular complexity index is 455. The van der Waals surface area contributed by atoms with Crippen molar-refractivity contribution in [2.45, 2.75) is 67.7 Å². The van der Waals surface area contributed by atoms with E-state index in [2.05, 4.69) is 20.8 Å². The first-order chi connectivity index (χ1) is 10.7. The van der Waals surface area contributed by atoms with Gasteiger partial charge in [-0.05, 0) is 24.2 Å². The molecule has 6 heteroatoms. The molecule has 0 bridgehead atoms. The fourth-order valence-electron chi connectivity index (χ4n) is 2.41. The summed E-state index contributed by atoms with van der Waals surface area (Å²) in [5, 5.41) is 8.47. The van der Waals surface area contributed by atoms with Gasteiger partial charge in [0.1, 0.15) is 13.2 Å². The van der Waals surface area contributed by atoms with Crippen LogP contribution in [0.5, 0.6) is 0 Å². The van der Waals surface area contributed by atoms with Crippen molar-refractivity contribution in [3.05, 3.63) is 0 Å². The normalized spacial score (nSPS) is 14.6. The lowest BCUT2D eigenvalue weighted by atomic mass is 9.61. The van der Waals surface area contributed by atoms with E-state index in [9.17, 15) is 14.4 Å². The van der Waals surface area contributed by atoms with Crippen molar-refractivity contribution in [3.8, 4) is 0 Å². The summed E-state index contributed by atoms with van der Waals surface area (Å²) in [6, 6.07) is 0. The van der Waals surface area contributed by atoms with Gasteiger partial charge in [0.15, 0.2) is 0 Å². The van der Waals surface area contributed by atoms with Crippen molar-refractivity contribution in [2.75, 3.05) is 13.2 Å². The molecule has 0 saturated carbocycles. The maximum atomic E-state index is 12.6. The summed E-state index contributed by atoms with van der Waals surface area (Å²) in [4.78, 5) is 34.4. The average Bonchev–Trinajstić information content (AvgIpc) is 2.34. The molecule has 1 atom stereocenters. The fraction of sp³-hybridized carbons (Fsp3) is 0.833. The van der Waals surface area contributed by atoms with Gasteiger partial charge in [-0.2, -0.15) is 0 Å². The molecule has 1 unspecified atom stereocenters. The molecule has 0 radical (unpaired) electrons. The highest BCUT2D eigenvalue weighted by molar-refractivity contribution is 5.78. The van der Waals surface area contributed by atoms with E-state index in [-0.39, 0.29) is 42.9 Å². The summed E-state index contributed by atoms with van der Waals surface area (Å²) < 4.78 is 10.1. The minimum atomic E-state index is -1.03. The maximum absolute atomic E-state index is 12.6. The smallest absolute Gasteiger partial charge is 0.312 e. The van der Waals surface area contributed by atoms with E-state index in [1.54, 1.807) is 0 Å². The van der Waals surface area contributed by atoms with Gasteiger partial charge in [-0.25, -0.2) is 0 Å². The molecular formula is C18H32O6.